The number of nitrogens with one attached hydrogen (secondary N) is 1. The van der Waals surface area contributed by atoms with E-state index in [1.54, 1.807) is 12.1 Å². The maximum absolute atomic E-state index is 13.5. The smallest absolute Gasteiger partial charge is 0.416 e. The summed E-state index contributed by atoms with van der Waals surface area (Å²) in [7, 11) is 6.51. The summed E-state index contributed by atoms with van der Waals surface area (Å²) in [4.78, 5) is 37.1. The first kappa shape index (κ1) is 38.2. The summed E-state index contributed by atoms with van der Waals surface area (Å²) in [5.74, 6) is -1.42. The molecule has 4 N–H and O–H groups in total. The van der Waals surface area contributed by atoms with Gasteiger partial charge < -0.3 is 24.8 Å². The standard InChI is InChI=1S/C30H35F3N6O4.C2H4O2/c1-19-25(27(41)43-4)26(24-12-11-20(18-34)16-21(24)8-6-13-39(2,3)14-7-15-40)38(29(36)42)28(35)37(19)23-10-5-9-22(17-23)30(31,32)33;1-4-2-3/h5,9-12,16-17,26,35,40H,6-8,13-15H2,1-4H3,(H-,36,42);2H,1H3/p+1/t26-;/m1./s1. The van der Waals surface area contributed by atoms with Gasteiger partial charge in [0.25, 0.3) is 6.47 Å². The van der Waals surface area contributed by atoms with Crippen LogP contribution >= 0.6 is 0 Å². The lowest BCUT2D eigenvalue weighted by Gasteiger charge is -2.43. The van der Waals surface area contributed by atoms with Gasteiger partial charge in [0.2, 0.25) is 5.96 Å². The molecule has 0 radical (unpaired) electrons. The highest BCUT2D eigenvalue weighted by atomic mass is 19.4. The highest BCUT2D eigenvalue weighted by Crippen LogP contribution is 2.42. The van der Waals surface area contributed by atoms with E-state index in [9.17, 15) is 33.1 Å². The number of anilines is 1. The Labute approximate surface area is 271 Å². The molecule has 254 valence electrons. The predicted octanol–water partition coefficient (Wildman–Crippen LogP) is 4.08. The van der Waals surface area contributed by atoms with E-state index in [2.05, 4.69) is 10.8 Å². The lowest BCUT2D eigenvalue weighted by Crippen LogP contribution is -2.55. The maximum Gasteiger partial charge on any atom is 0.416 e. The van der Waals surface area contributed by atoms with Crippen molar-refractivity contribution in [1.82, 2.24) is 4.90 Å². The van der Waals surface area contributed by atoms with Gasteiger partial charge in [-0.3, -0.25) is 20.0 Å². The number of methoxy groups -OCH3 is 2. The zero-order chi connectivity index (χ0) is 35.5. The molecular weight excluding hydrogens is 621 g/mol. The number of benzene rings is 2. The number of esters is 1. The normalized spacial score (nSPS) is 15.0. The maximum atomic E-state index is 13.5. The first-order valence-corrected chi connectivity index (χ1v) is 14.4. The zero-order valence-electron chi connectivity index (χ0n) is 26.9. The molecule has 15 heteroatoms. The summed E-state index contributed by atoms with van der Waals surface area (Å²) in [5, 5.41) is 27.7. The molecule has 1 atom stereocenters. The van der Waals surface area contributed by atoms with Crippen molar-refractivity contribution in [3.8, 4) is 6.07 Å². The Morgan fingerprint density at radius 3 is 2.32 bits per heavy atom. The lowest BCUT2D eigenvalue weighted by atomic mass is 9.87. The predicted molar refractivity (Wildman–Crippen MR) is 167 cm³/mol. The molecule has 12 nitrogen and oxygen atoms in total. The van der Waals surface area contributed by atoms with E-state index in [0.717, 1.165) is 48.2 Å². The number of hydrogen-bond acceptors (Lipinski definition) is 8. The van der Waals surface area contributed by atoms with Gasteiger partial charge in [-0.2, -0.15) is 18.4 Å². The summed E-state index contributed by atoms with van der Waals surface area (Å²) < 4.78 is 50.2. The Bertz CT molecular complexity index is 1540. The van der Waals surface area contributed by atoms with Crippen LogP contribution in [0.1, 0.15) is 48.1 Å². The van der Waals surface area contributed by atoms with Crippen LogP contribution < -0.4 is 10.6 Å². The minimum atomic E-state index is -4.68. The van der Waals surface area contributed by atoms with Crippen LogP contribution in [0.2, 0.25) is 0 Å². The van der Waals surface area contributed by atoms with Crippen LogP contribution in [0.5, 0.6) is 0 Å². The van der Waals surface area contributed by atoms with E-state index in [-0.39, 0.29) is 23.6 Å². The third-order valence-electron chi connectivity index (χ3n) is 7.57. The fourth-order valence-electron chi connectivity index (χ4n) is 5.34. The van der Waals surface area contributed by atoms with E-state index in [0.29, 0.717) is 46.9 Å². The molecule has 2 aromatic rings. The van der Waals surface area contributed by atoms with Crippen molar-refractivity contribution in [3.05, 3.63) is 76.0 Å². The van der Waals surface area contributed by atoms with Crippen LogP contribution in [0.15, 0.2) is 53.7 Å². The van der Waals surface area contributed by atoms with Gasteiger partial charge in [0.15, 0.2) is 0 Å². The molecule has 0 unspecified atom stereocenters. The molecule has 0 aromatic heterocycles. The first-order valence-electron chi connectivity index (χ1n) is 14.4. The highest BCUT2D eigenvalue weighted by molar-refractivity contribution is 6.10. The van der Waals surface area contributed by atoms with Crippen molar-refractivity contribution in [2.45, 2.75) is 38.4 Å². The number of alkyl halides is 3. The van der Waals surface area contributed by atoms with Crippen molar-refractivity contribution in [1.29, 1.82) is 10.7 Å². The van der Waals surface area contributed by atoms with Crippen LogP contribution in [0.4, 0.5) is 23.7 Å². The summed E-state index contributed by atoms with van der Waals surface area (Å²) in [6.07, 6.45) is -2.96. The van der Waals surface area contributed by atoms with E-state index in [4.69, 9.17) is 20.7 Å². The number of aryl methyl sites for hydroxylation is 1. The zero-order valence-corrected chi connectivity index (χ0v) is 26.9. The van der Waals surface area contributed by atoms with Gasteiger partial charge in [0.05, 0.1) is 64.2 Å². The SMILES string of the molecule is COC(=O)C1=C(C)N(c2cccc(C(F)(F)F)c2)C(=N)N(C(N)=O)[C@@H]1c1ccc(C#N)cc1CCC[N+](C)(C)CCCO.COC=O. The van der Waals surface area contributed by atoms with Crippen LogP contribution in [-0.4, -0.2) is 86.9 Å². The highest BCUT2D eigenvalue weighted by Gasteiger charge is 2.44. The van der Waals surface area contributed by atoms with Crippen molar-refractivity contribution >= 4 is 30.1 Å². The van der Waals surface area contributed by atoms with Gasteiger partial charge in [-0.1, -0.05) is 12.1 Å². The number of allylic oxidation sites excluding steroid dienone is 1. The number of aliphatic hydroxyl groups excluding tert-OH is 1. The van der Waals surface area contributed by atoms with Crippen molar-refractivity contribution in [2.24, 2.45) is 5.73 Å². The van der Waals surface area contributed by atoms with Gasteiger partial charge in [0, 0.05) is 30.8 Å². The average Bonchev–Trinajstić information content (AvgIpc) is 3.02. The molecular formula is C32H40F3N6O6+. The number of amides is 2. The molecule has 0 aliphatic carbocycles. The topological polar surface area (TPSA) is 170 Å². The molecule has 0 saturated carbocycles. The number of quaternary nitrogens is 1. The molecule has 2 aromatic carbocycles. The number of aliphatic hydroxyl groups is 1. The number of halogens is 3. The van der Waals surface area contributed by atoms with Gasteiger partial charge in [-0.15, -0.1) is 0 Å². The molecule has 0 saturated heterocycles. The molecule has 0 fully saturated rings. The van der Waals surface area contributed by atoms with Gasteiger partial charge in [-0.25, -0.2) is 9.59 Å². The van der Waals surface area contributed by atoms with Crippen LogP contribution in [-0.2, 0) is 31.7 Å². The summed E-state index contributed by atoms with van der Waals surface area (Å²) in [6.45, 7) is 3.37. The second kappa shape index (κ2) is 16.6. The number of carbonyl (C=O) groups is 3. The average molecular weight is 662 g/mol. The fraction of sp³-hybridized carbons (Fsp3) is 0.406. The summed E-state index contributed by atoms with van der Waals surface area (Å²) in [5.41, 5.74) is 6.07. The van der Waals surface area contributed by atoms with Crippen molar-refractivity contribution in [2.75, 3.05) is 52.9 Å². The second-order valence-electron chi connectivity index (χ2n) is 11.2. The van der Waals surface area contributed by atoms with Crippen LogP contribution in [0.3, 0.4) is 0 Å². The number of guanidine groups is 1. The fourth-order valence-corrected chi connectivity index (χ4v) is 5.34. The number of primary amides is 1. The monoisotopic (exact) mass is 661 g/mol. The first-order chi connectivity index (χ1) is 22.1. The van der Waals surface area contributed by atoms with E-state index in [1.165, 1.54) is 26.2 Å². The van der Waals surface area contributed by atoms with Crippen LogP contribution in [0, 0.1) is 16.7 Å². The molecule has 1 aliphatic heterocycles. The Hall–Kier alpha value is -4.94. The van der Waals surface area contributed by atoms with Gasteiger partial charge >= 0.3 is 18.2 Å². The quantitative estimate of drug-likeness (QED) is 0.184. The van der Waals surface area contributed by atoms with Gasteiger partial charge in [-0.05, 0) is 54.8 Å². The number of nitrogens with zero attached hydrogens (tertiary/aromatic N) is 4. The van der Waals surface area contributed by atoms with E-state index >= 15 is 0 Å². The van der Waals surface area contributed by atoms with Crippen LogP contribution in [0.25, 0.3) is 0 Å². The number of nitrogens with two attached hydrogens (primary N) is 1. The minimum Gasteiger partial charge on any atom is -0.471 e. The lowest BCUT2D eigenvalue weighted by molar-refractivity contribution is -0.890. The van der Waals surface area contributed by atoms with E-state index in [1.807, 2.05) is 14.1 Å². The Kier molecular flexibility index (Phi) is 13.5. The molecule has 1 heterocycles. The number of rotatable bonds is 11. The molecule has 47 heavy (non-hydrogen) atoms. The van der Waals surface area contributed by atoms with Gasteiger partial charge in [0.1, 0.15) is 6.04 Å². The number of urea groups is 1. The van der Waals surface area contributed by atoms with E-state index < -0.39 is 35.7 Å². The third-order valence-corrected chi connectivity index (χ3v) is 7.57. The number of hydrogen-bond donors (Lipinski definition) is 3. The number of ether oxygens (including phenoxy) is 2. The van der Waals surface area contributed by atoms with Crippen molar-refractivity contribution in [3.63, 3.8) is 0 Å². The molecule has 2 amide bonds. The number of carbonyl (C=O) groups excluding carboxylic acids is 3. The summed E-state index contributed by atoms with van der Waals surface area (Å²) in [6, 6.07) is 8.66. The molecule has 1 aliphatic rings. The minimum absolute atomic E-state index is 0.0755. The van der Waals surface area contributed by atoms with Crippen molar-refractivity contribution < 1.29 is 46.6 Å². The number of nitriles is 1. The molecule has 0 spiro atoms. The largest absolute Gasteiger partial charge is 0.471 e. The second-order valence-corrected chi connectivity index (χ2v) is 11.2. The Morgan fingerprint density at radius 1 is 1.15 bits per heavy atom. The molecule has 0 bridgehead atoms. The Morgan fingerprint density at radius 2 is 1.79 bits per heavy atom. The summed E-state index contributed by atoms with van der Waals surface area (Å²) >= 11 is 0. The molecule has 3 rings (SSSR count). The third kappa shape index (κ3) is 9.53. The Balaban J connectivity index is 0.00000181.